The van der Waals surface area contributed by atoms with E-state index in [0.29, 0.717) is 17.5 Å². The Morgan fingerprint density at radius 1 is 0.383 bits per heavy atom. The topological polar surface area (TPSA) is 51.8 Å². The maximum absolute atomic E-state index is 6.88. The fraction of sp³-hybridized carbons (Fsp3) is 0.0536. The number of rotatable bonds is 3. The molecule has 12 aromatic rings. The van der Waals surface area contributed by atoms with E-state index < -0.39 is 0 Å². The molecule has 2 aromatic heterocycles. The summed E-state index contributed by atoms with van der Waals surface area (Å²) in [6.45, 7) is 4.62. The number of benzene rings is 10. The highest BCUT2D eigenvalue weighted by atomic mass is 16.3. The van der Waals surface area contributed by atoms with E-state index >= 15 is 0 Å². The summed E-state index contributed by atoms with van der Waals surface area (Å²) in [7, 11) is 0. The van der Waals surface area contributed by atoms with E-state index in [2.05, 4.69) is 184 Å². The second-order valence-electron chi connectivity index (χ2n) is 16.7. The Balaban J connectivity index is 1.14. The molecule has 4 nitrogen and oxygen atoms in total. The van der Waals surface area contributed by atoms with Gasteiger partial charge in [-0.25, -0.2) is 15.0 Å². The van der Waals surface area contributed by atoms with Crippen LogP contribution in [0.5, 0.6) is 0 Å². The van der Waals surface area contributed by atoms with Gasteiger partial charge in [0.15, 0.2) is 17.5 Å². The van der Waals surface area contributed by atoms with Crippen LogP contribution in [0.3, 0.4) is 0 Å². The Hall–Kier alpha value is -7.69. The number of nitrogens with zero attached hydrogens (tertiary/aromatic N) is 3. The summed E-state index contributed by atoms with van der Waals surface area (Å²) in [5.74, 6) is 1.87. The number of aromatic nitrogens is 3. The molecule has 10 aromatic carbocycles. The molecule has 13 rings (SSSR count). The van der Waals surface area contributed by atoms with Gasteiger partial charge in [-0.15, -0.1) is 0 Å². The third kappa shape index (κ3) is 4.64. The minimum absolute atomic E-state index is 0.269. The Labute approximate surface area is 345 Å². The van der Waals surface area contributed by atoms with E-state index in [1.165, 1.54) is 59.8 Å². The van der Waals surface area contributed by atoms with E-state index in [1.807, 2.05) is 6.07 Å². The molecule has 0 unspecified atom stereocenters. The molecular formula is C56H35N3O. The molecule has 4 heteroatoms. The van der Waals surface area contributed by atoms with E-state index in [0.717, 1.165) is 55.0 Å². The highest BCUT2D eigenvalue weighted by Crippen LogP contribution is 2.54. The lowest BCUT2D eigenvalue weighted by molar-refractivity contribution is 0.653. The van der Waals surface area contributed by atoms with Gasteiger partial charge in [-0.1, -0.05) is 172 Å². The van der Waals surface area contributed by atoms with Crippen LogP contribution in [-0.2, 0) is 5.41 Å². The second kappa shape index (κ2) is 12.2. The third-order valence-electron chi connectivity index (χ3n) is 13.1. The van der Waals surface area contributed by atoms with Crippen molar-refractivity contribution < 1.29 is 4.42 Å². The number of furan rings is 1. The van der Waals surface area contributed by atoms with E-state index in [-0.39, 0.29) is 5.41 Å². The first-order chi connectivity index (χ1) is 29.5. The molecule has 0 bridgehead atoms. The summed E-state index contributed by atoms with van der Waals surface area (Å²) < 4.78 is 6.88. The second-order valence-corrected chi connectivity index (χ2v) is 16.7. The van der Waals surface area contributed by atoms with E-state index in [9.17, 15) is 0 Å². The first-order valence-electron chi connectivity index (χ1n) is 20.6. The monoisotopic (exact) mass is 765 g/mol. The van der Waals surface area contributed by atoms with Gasteiger partial charge in [-0.05, 0) is 88.8 Å². The Morgan fingerprint density at radius 3 is 1.73 bits per heavy atom. The van der Waals surface area contributed by atoms with Crippen LogP contribution in [0.15, 0.2) is 180 Å². The molecule has 0 amide bonds. The zero-order chi connectivity index (χ0) is 39.7. The minimum Gasteiger partial charge on any atom is -0.455 e. The molecule has 0 spiro atoms. The van der Waals surface area contributed by atoms with Crippen molar-refractivity contribution >= 4 is 75.8 Å². The molecule has 0 fully saturated rings. The molecule has 0 atom stereocenters. The predicted octanol–water partition coefficient (Wildman–Crippen LogP) is 14.8. The van der Waals surface area contributed by atoms with Crippen LogP contribution in [0.25, 0.3) is 121 Å². The summed E-state index contributed by atoms with van der Waals surface area (Å²) in [6, 6.07) is 63.0. The number of hydrogen-bond donors (Lipinski definition) is 0. The average Bonchev–Trinajstić information content (AvgIpc) is 3.80. The quantitative estimate of drug-likeness (QED) is 0.168. The average molecular weight is 766 g/mol. The van der Waals surface area contributed by atoms with Gasteiger partial charge in [0.2, 0.25) is 0 Å². The predicted molar refractivity (Wildman–Crippen MR) is 249 cm³/mol. The summed E-state index contributed by atoms with van der Waals surface area (Å²) in [5, 5.41) is 14.0. The van der Waals surface area contributed by atoms with Crippen LogP contribution in [0.1, 0.15) is 25.0 Å². The van der Waals surface area contributed by atoms with Crippen molar-refractivity contribution in [3.8, 4) is 45.3 Å². The summed E-state index contributed by atoms with van der Waals surface area (Å²) in [5.41, 5.74) is 9.12. The van der Waals surface area contributed by atoms with Gasteiger partial charge in [0.1, 0.15) is 11.2 Å². The zero-order valence-electron chi connectivity index (χ0n) is 33.0. The van der Waals surface area contributed by atoms with Crippen LogP contribution in [0.4, 0.5) is 0 Å². The van der Waals surface area contributed by atoms with Gasteiger partial charge in [0.05, 0.1) is 0 Å². The lowest BCUT2D eigenvalue weighted by Gasteiger charge is -2.22. The lowest BCUT2D eigenvalue weighted by Crippen LogP contribution is -2.15. The van der Waals surface area contributed by atoms with Crippen molar-refractivity contribution in [2.45, 2.75) is 19.3 Å². The summed E-state index contributed by atoms with van der Waals surface area (Å²) >= 11 is 0. The van der Waals surface area contributed by atoms with Crippen molar-refractivity contribution in [2.24, 2.45) is 0 Å². The van der Waals surface area contributed by atoms with E-state index in [4.69, 9.17) is 19.4 Å². The molecule has 0 N–H and O–H groups in total. The molecule has 60 heavy (non-hydrogen) atoms. The molecule has 0 saturated carbocycles. The Bertz CT molecular complexity index is 3800. The minimum atomic E-state index is -0.269. The molecule has 2 heterocycles. The zero-order valence-corrected chi connectivity index (χ0v) is 33.0. The summed E-state index contributed by atoms with van der Waals surface area (Å²) in [6.07, 6.45) is 0. The first-order valence-corrected chi connectivity index (χ1v) is 20.6. The molecule has 1 aliphatic carbocycles. The number of fused-ring (bicyclic) bond motifs is 15. The van der Waals surface area contributed by atoms with Crippen LogP contribution >= 0.6 is 0 Å². The summed E-state index contributed by atoms with van der Waals surface area (Å²) in [4.78, 5) is 16.3. The highest BCUT2D eigenvalue weighted by Gasteiger charge is 2.39. The van der Waals surface area contributed by atoms with Crippen LogP contribution in [0, 0.1) is 0 Å². The van der Waals surface area contributed by atoms with Gasteiger partial charge in [0, 0.05) is 38.4 Å². The Morgan fingerprint density at radius 2 is 0.933 bits per heavy atom. The van der Waals surface area contributed by atoms with Crippen LogP contribution < -0.4 is 0 Å². The Kier molecular flexibility index (Phi) is 6.75. The van der Waals surface area contributed by atoms with Crippen molar-refractivity contribution in [1.82, 2.24) is 15.0 Å². The van der Waals surface area contributed by atoms with Gasteiger partial charge >= 0.3 is 0 Å². The fourth-order valence-electron chi connectivity index (χ4n) is 10.2. The SMILES string of the molecule is CC1(C)c2ccccc2-c2c1cc(-c1nc(-c3ccc4ccc5ccc6ccc7ccccc7c6c5c4c3)nc(-c3cccc4ccccc34)n1)c1c2oc2ccccc21. The van der Waals surface area contributed by atoms with Crippen molar-refractivity contribution in [3.05, 3.63) is 187 Å². The maximum Gasteiger partial charge on any atom is 0.164 e. The standard InChI is InChI=1S/C56H35N3O/c1-56(2)45-20-9-7-17-41(45)51-46(56)31-44(50-42-18-8-10-21-47(42)60-52(50)51)55-58-53(57-54(59-55)40-19-11-14-32-12-3-5-15-38(32)40)37-29-24-34-23-26-36-28-27-35-25-22-33-13-4-6-16-39(33)48(35)49(36)43(34)30-37/h3-31H,1-2H3. The van der Waals surface area contributed by atoms with Gasteiger partial charge in [-0.2, -0.15) is 0 Å². The normalized spacial score (nSPS) is 13.3. The van der Waals surface area contributed by atoms with Crippen molar-refractivity contribution in [1.29, 1.82) is 0 Å². The molecule has 0 aliphatic heterocycles. The van der Waals surface area contributed by atoms with Crippen LogP contribution in [0.2, 0.25) is 0 Å². The molecule has 280 valence electrons. The number of hydrogen-bond acceptors (Lipinski definition) is 4. The highest BCUT2D eigenvalue weighted by molar-refractivity contribution is 6.28. The molecule has 1 aliphatic rings. The van der Waals surface area contributed by atoms with Crippen LogP contribution in [-0.4, -0.2) is 15.0 Å². The first kappa shape index (κ1) is 33.3. The third-order valence-corrected chi connectivity index (χ3v) is 13.1. The number of para-hydroxylation sites is 1. The maximum atomic E-state index is 6.88. The van der Waals surface area contributed by atoms with Gasteiger partial charge in [-0.3, -0.25) is 0 Å². The molecule has 0 saturated heterocycles. The lowest BCUT2D eigenvalue weighted by atomic mass is 9.81. The molecular weight excluding hydrogens is 731 g/mol. The van der Waals surface area contributed by atoms with Gasteiger partial charge < -0.3 is 4.42 Å². The molecule has 0 radical (unpaired) electrons. The van der Waals surface area contributed by atoms with E-state index in [1.54, 1.807) is 0 Å². The smallest absolute Gasteiger partial charge is 0.164 e. The van der Waals surface area contributed by atoms with Crippen molar-refractivity contribution in [3.63, 3.8) is 0 Å². The fourth-order valence-corrected chi connectivity index (χ4v) is 10.2. The largest absolute Gasteiger partial charge is 0.455 e. The van der Waals surface area contributed by atoms with Crippen molar-refractivity contribution in [2.75, 3.05) is 0 Å². The van der Waals surface area contributed by atoms with Gasteiger partial charge in [0.25, 0.3) is 0 Å².